The number of piperazine rings is 1. The molecule has 1 atom stereocenters. The molecule has 1 fully saturated rings. The summed E-state index contributed by atoms with van der Waals surface area (Å²) in [6.07, 6.45) is 1.66. The minimum absolute atomic E-state index is 0.134. The molecule has 0 spiro atoms. The molecule has 1 aliphatic rings. The van der Waals surface area contributed by atoms with Gasteiger partial charge in [-0.1, -0.05) is 11.6 Å². The Balaban J connectivity index is 2.10. The predicted octanol–water partition coefficient (Wildman–Crippen LogP) is 0.622. The molecule has 3 rings (SSSR count). The van der Waals surface area contributed by atoms with E-state index in [9.17, 15) is 4.79 Å². The zero-order valence-electron chi connectivity index (χ0n) is 11.9. The standard InChI is InChI=1S/C13H17ClN6O/c1-8-7-15-5-6-20(8)12-10(14)13(21)18-11(17-12)9-3-4-16-19(9)2/h3-4,8,15H,5-7H2,1-2H3,(H,17,18,21)/t8-/m1/s1. The van der Waals surface area contributed by atoms with Gasteiger partial charge in [-0.15, -0.1) is 0 Å². The lowest BCUT2D eigenvalue weighted by molar-refractivity contribution is 0.497. The first-order valence-electron chi connectivity index (χ1n) is 6.83. The van der Waals surface area contributed by atoms with Crippen LogP contribution in [0.5, 0.6) is 0 Å². The molecule has 1 saturated heterocycles. The van der Waals surface area contributed by atoms with Crippen LogP contribution in [-0.4, -0.2) is 45.4 Å². The fourth-order valence-corrected chi connectivity index (χ4v) is 2.72. The number of H-pyrrole nitrogens is 1. The lowest BCUT2D eigenvalue weighted by Gasteiger charge is -2.35. The van der Waals surface area contributed by atoms with Gasteiger partial charge in [0, 0.05) is 38.9 Å². The lowest BCUT2D eigenvalue weighted by atomic mass is 10.2. The van der Waals surface area contributed by atoms with Crippen molar-refractivity contribution >= 4 is 17.4 Å². The maximum atomic E-state index is 12.1. The first-order chi connectivity index (χ1) is 10.1. The average Bonchev–Trinajstić information content (AvgIpc) is 2.89. The van der Waals surface area contributed by atoms with Crippen molar-refractivity contribution in [2.75, 3.05) is 24.5 Å². The molecule has 3 heterocycles. The summed E-state index contributed by atoms with van der Waals surface area (Å²) in [6.45, 7) is 4.53. The molecule has 0 amide bonds. The van der Waals surface area contributed by atoms with Crippen LogP contribution >= 0.6 is 11.6 Å². The molecule has 0 aromatic carbocycles. The second-order valence-corrected chi connectivity index (χ2v) is 5.52. The number of nitrogens with one attached hydrogen (secondary N) is 2. The Labute approximate surface area is 126 Å². The molecule has 1 aliphatic heterocycles. The SMILES string of the molecule is C[C@@H]1CNCCN1c1nc(-c2ccnn2C)[nH]c(=O)c1Cl. The first kappa shape index (κ1) is 14.1. The minimum atomic E-state index is -0.330. The number of aromatic nitrogens is 4. The van der Waals surface area contributed by atoms with Crippen molar-refractivity contribution in [2.45, 2.75) is 13.0 Å². The van der Waals surface area contributed by atoms with E-state index >= 15 is 0 Å². The van der Waals surface area contributed by atoms with Crippen LogP contribution in [0.25, 0.3) is 11.5 Å². The molecule has 2 aromatic rings. The number of hydrogen-bond donors (Lipinski definition) is 2. The molecule has 0 unspecified atom stereocenters. The van der Waals surface area contributed by atoms with Gasteiger partial charge in [0.05, 0.1) is 0 Å². The molecule has 8 heteroatoms. The third-order valence-electron chi connectivity index (χ3n) is 3.68. The van der Waals surface area contributed by atoms with Crippen LogP contribution in [0.15, 0.2) is 17.1 Å². The molecule has 21 heavy (non-hydrogen) atoms. The van der Waals surface area contributed by atoms with Crippen LogP contribution in [0.2, 0.25) is 5.02 Å². The quantitative estimate of drug-likeness (QED) is 0.850. The summed E-state index contributed by atoms with van der Waals surface area (Å²) in [5.74, 6) is 1.01. The van der Waals surface area contributed by atoms with Crippen molar-refractivity contribution in [2.24, 2.45) is 7.05 Å². The Bertz CT molecular complexity index is 709. The summed E-state index contributed by atoms with van der Waals surface area (Å²) in [7, 11) is 1.80. The third-order valence-corrected chi connectivity index (χ3v) is 4.02. The normalized spacial score (nSPS) is 19.0. The number of aromatic amines is 1. The topological polar surface area (TPSA) is 78.8 Å². The van der Waals surface area contributed by atoms with E-state index in [0.717, 1.165) is 25.3 Å². The molecule has 0 aliphatic carbocycles. The highest BCUT2D eigenvalue weighted by atomic mass is 35.5. The Morgan fingerprint density at radius 3 is 2.95 bits per heavy atom. The van der Waals surface area contributed by atoms with E-state index in [1.54, 1.807) is 24.0 Å². The van der Waals surface area contributed by atoms with Gasteiger partial charge < -0.3 is 15.2 Å². The van der Waals surface area contributed by atoms with Crippen LogP contribution in [0.4, 0.5) is 5.82 Å². The number of nitrogens with zero attached hydrogens (tertiary/aromatic N) is 4. The van der Waals surface area contributed by atoms with E-state index in [4.69, 9.17) is 11.6 Å². The number of hydrogen-bond acceptors (Lipinski definition) is 5. The summed E-state index contributed by atoms with van der Waals surface area (Å²) >= 11 is 6.17. The van der Waals surface area contributed by atoms with Gasteiger partial charge in [0.25, 0.3) is 5.56 Å². The molecule has 0 bridgehead atoms. The second kappa shape index (κ2) is 5.50. The van der Waals surface area contributed by atoms with E-state index in [1.165, 1.54) is 0 Å². The molecule has 0 radical (unpaired) electrons. The number of halogens is 1. The average molecular weight is 309 g/mol. The monoisotopic (exact) mass is 308 g/mol. The molecular formula is C13H17ClN6O. The zero-order valence-corrected chi connectivity index (χ0v) is 12.7. The summed E-state index contributed by atoms with van der Waals surface area (Å²) in [6, 6.07) is 2.03. The van der Waals surface area contributed by atoms with Crippen LogP contribution in [0.3, 0.4) is 0 Å². The van der Waals surface area contributed by atoms with E-state index in [0.29, 0.717) is 11.6 Å². The van der Waals surface area contributed by atoms with Gasteiger partial charge in [0.15, 0.2) is 11.6 Å². The number of aryl methyl sites for hydroxylation is 1. The maximum absolute atomic E-state index is 12.1. The smallest absolute Gasteiger partial charge is 0.272 e. The summed E-state index contributed by atoms with van der Waals surface area (Å²) in [4.78, 5) is 21.5. The highest BCUT2D eigenvalue weighted by Crippen LogP contribution is 2.25. The van der Waals surface area contributed by atoms with Gasteiger partial charge in [0.2, 0.25) is 0 Å². The Morgan fingerprint density at radius 1 is 1.48 bits per heavy atom. The largest absolute Gasteiger partial charge is 0.350 e. The van der Waals surface area contributed by atoms with Gasteiger partial charge in [-0.3, -0.25) is 9.48 Å². The Kier molecular flexibility index (Phi) is 3.69. The van der Waals surface area contributed by atoms with Crippen molar-refractivity contribution in [3.05, 3.63) is 27.6 Å². The van der Waals surface area contributed by atoms with Crippen molar-refractivity contribution in [3.8, 4) is 11.5 Å². The summed E-state index contributed by atoms with van der Waals surface area (Å²) in [5, 5.41) is 7.54. The van der Waals surface area contributed by atoms with Gasteiger partial charge >= 0.3 is 0 Å². The van der Waals surface area contributed by atoms with Crippen molar-refractivity contribution in [3.63, 3.8) is 0 Å². The van der Waals surface area contributed by atoms with Crippen LogP contribution < -0.4 is 15.8 Å². The number of anilines is 1. The maximum Gasteiger partial charge on any atom is 0.272 e. The molecule has 7 nitrogen and oxygen atoms in total. The van der Waals surface area contributed by atoms with Crippen LogP contribution in [0, 0.1) is 0 Å². The van der Waals surface area contributed by atoms with Crippen molar-refractivity contribution in [1.82, 2.24) is 25.1 Å². The highest BCUT2D eigenvalue weighted by molar-refractivity contribution is 6.32. The Morgan fingerprint density at radius 2 is 2.29 bits per heavy atom. The lowest BCUT2D eigenvalue weighted by Crippen LogP contribution is -2.50. The zero-order chi connectivity index (χ0) is 15.0. The molecule has 2 N–H and O–H groups in total. The van der Waals surface area contributed by atoms with Gasteiger partial charge in [-0.2, -0.15) is 5.10 Å². The van der Waals surface area contributed by atoms with E-state index in [2.05, 4.69) is 32.2 Å². The molecular weight excluding hydrogens is 292 g/mol. The van der Waals surface area contributed by atoms with E-state index < -0.39 is 0 Å². The van der Waals surface area contributed by atoms with Crippen LogP contribution in [0.1, 0.15) is 6.92 Å². The summed E-state index contributed by atoms with van der Waals surface area (Å²) < 4.78 is 1.66. The molecule has 0 saturated carbocycles. The van der Waals surface area contributed by atoms with E-state index in [1.807, 2.05) is 0 Å². The van der Waals surface area contributed by atoms with Crippen molar-refractivity contribution < 1.29 is 0 Å². The van der Waals surface area contributed by atoms with Gasteiger partial charge in [0.1, 0.15) is 10.7 Å². The van der Waals surface area contributed by atoms with E-state index in [-0.39, 0.29) is 16.6 Å². The third kappa shape index (κ3) is 2.54. The molecule has 2 aromatic heterocycles. The number of rotatable bonds is 2. The second-order valence-electron chi connectivity index (χ2n) is 5.14. The first-order valence-corrected chi connectivity index (χ1v) is 7.21. The Hall–Kier alpha value is -1.86. The summed E-state index contributed by atoms with van der Waals surface area (Å²) in [5.41, 5.74) is 0.413. The van der Waals surface area contributed by atoms with Crippen LogP contribution in [-0.2, 0) is 7.05 Å². The minimum Gasteiger partial charge on any atom is -0.350 e. The predicted molar refractivity (Wildman–Crippen MR) is 81.7 cm³/mol. The molecule has 112 valence electrons. The highest BCUT2D eigenvalue weighted by Gasteiger charge is 2.24. The fraction of sp³-hybridized carbons (Fsp3) is 0.462. The van der Waals surface area contributed by atoms with Gasteiger partial charge in [-0.05, 0) is 13.0 Å². The van der Waals surface area contributed by atoms with Gasteiger partial charge in [-0.25, -0.2) is 4.98 Å². The fourth-order valence-electron chi connectivity index (χ4n) is 2.52. The van der Waals surface area contributed by atoms with Crippen molar-refractivity contribution in [1.29, 1.82) is 0 Å².